The third-order valence-corrected chi connectivity index (χ3v) is 3.12. The molecule has 0 aromatic heterocycles. The average Bonchev–Trinajstić information content (AvgIpc) is 2.28. The fourth-order valence-electron chi connectivity index (χ4n) is 1.37. The van der Waals surface area contributed by atoms with Crippen molar-refractivity contribution < 1.29 is 9.72 Å². The lowest BCUT2D eigenvalue weighted by molar-refractivity contribution is -0.384. The SMILES string of the molecule is CC(C)(C)C(N)C(=O)Nc1ccc(Br)cc1[N+](=O)[O-]. The first kappa shape index (κ1) is 15.6. The number of anilines is 1. The number of carbonyl (C=O) groups is 1. The van der Waals surface area contributed by atoms with Crippen LogP contribution in [0.1, 0.15) is 20.8 Å². The lowest BCUT2D eigenvalue weighted by atomic mass is 9.87. The highest BCUT2D eigenvalue weighted by Gasteiger charge is 2.28. The summed E-state index contributed by atoms with van der Waals surface area (Å²) in [5, 5.41) is 13.4. The Bertz CT molecular complexity index is 511. The van der Waals surface area contributed by atoms with Gasteiger partial charge in [-0.15, -0.1) is 0 Å². The van der Waals surface area contributed by atoms with Crippen LogP contribution in [0.3, 0.4) is 0 Å². The van der Waals surface area contributed by atoms with Gasteiger partial charge in [-0.2, -0.15) is 0 Å². The summed E-state index contributed by atoms with van der Waals surface area (Å²) in [4.78, 5) is 22.3. The molecule has 0 bridgehead atoms. The van der Waals surface area contributed by atoms with E-state index in [0.29, 0.717) is 4.47 Å². The minimum absolute atomic E-state index is 0.137. The number of nitrogens with zero attached hydrogens (tertiary/aromatic N) is 1. The van der Waals surface area contributed by atoms with E-state index in [1.54, 1.807) is 6.07 Å². The Labute approximate surface area is 119 Å². The number of rotatable bonds is 3. The molecule has 1 unspecified atom stereocenters. The van der Waals surface area contributed by atoms with Gasteiger partial charge in [0.1, 0.15) is 5.69 Å². The van der Waals surface area contributed by atoms with Gasteiger partial charge in [0.15, 0.2) is 0 Å². The largest absolute Gasteiger partial charge is 0.319 e. The van der Waals surface area contributed by atoms with Crippen molar-refractivity contribution in [3.05, 3.63) is 32.8 Å². The summed E-state index contributed by atoms with van der Waals surface area (Å²) >= 11 is 3.15. The van der Waals surface area contributed by atoms with E-state index in [2.05, 4.69) is 21.2 Å². The van der Waals surface area contributed by atoms with Crippen molar-refractivity contribution in [1.82, 2.24) is 0 Å². The monoisotopic (exact) mass is 329 g/mol. The first-order valence-electron chi connectivity index (χ1n) is 5.63. The van der Waals surface area contributed by atoms with Crippen molar-refractivity contribution in [3.8, 4) is 0 Å². The first-order valence-corrected chi connectivity index (χ1v) is 6.42. The van der Waals surface area contributed by atoms with Gasteiger partial charge >= 0.3 is 0 Å². The molecule has 7 heteroatoms. The highest BCUT2D eigenvalue weighted by Crippen LogP contribution is 2.28. The average molecular weight is 330 g/mol. The topological polar surface area (TPSA) is 98.3 Å². The Balaban J connectivity index is 3.00. The maximum absolute atomic E-state index is 11.9. The van der Waals surface area contributed by atoms with Crippen LogP contribution in [0.25, 0.3) is 0 Å². The van der Waals surface area contributed by atoms with Gasteiger partial charge < -0.3 is 11.1 Å². The Hall–Kier alpha value is -1.47. The number of nitrogens with two attached hydrogens (primary N) is 1. The molecule has 1 aromatic carbocycles. The van der Waals surface area contributed by atoms with Gasteiger partial charge in [0.25, 0.3) is 5.69 Å². The third-order valence-electron chi connectivity index (χ3n) is 2.63. The molecule has 0 spiro atoms. The van der Waals surface area contributed by atoms with Crippen LogP contribution in [0.5, 0.6) is 0 Å². The summed E-state index contributed by atoms with van der Waals surface area (Å²) in [5.41, 5.74) is 5.34. The molecule has 1 atom stereocenters. The van der Waals surface area contributed by atoms with Crippen LogP contribution in [-0.2, 0) is 4.79 Å². The number of hydrogen-bond donors (Lipinski definition) is 2. The van der Waals surface area contributed by atoms with Crippen molar-refractivity contribution in [2.75, 3.05) is 5.32 Å². The van der Waals surface area contributed by atoms with Crippen molar-refractivity contribution in [1.29, 1.82) is 0 Å². The quantitative estimate of drug-likeness (QED) is 0.657. The van der Waals surface area contributed by atoms with Crippen LogP contribution >= 0.6 is 15.9 Å². The molecule has 1 aromatic rings. The number of benzene rings is 1. The van der Waals surface area contributed by atoms with E-state index in [1.165, 1.54) is 12.1 Å². The van der Waals surface area contributed by atoms with Crippen LogP contribution in [0.4, 0.5) is 11.4 Å². The Morgan fingerprint density at radius 1 is 1.47 bits per heavy atom. The van der Waals surface area contributed by atoms with Gasteiger partial charge in [-0.1, -0.05) is 36.7 Å². The van der Waals surface area contributed by atoms with Crippen LogP contribution in [-0.4, -0.2) is 16.9 Å². The molecule has 0 radical (unpaired) electrons. The summed E-state index contributed by atoms with van der Waals surface area (Å²) in [6.07, 6.45) is 0. The molecule has 0 saturated heterocycles. The molecule has 0 fully saturated rings. The normalized spacial score (nSPS) is 12.9. The maximum Gasteiger partial charge on any atom is 0.293 e. The molecule has 0 aliphatic heterocycles. The zero-order chi connectivity index (χ0) is 14.8. The highest BCUT2D eigenvalue weighted by atomic mass is 79.9. The fraction of sp³-hybridized carbons (Fsp3) is 0.417. The van der Waals surface area contributed by atoms with Gasteiger partial charge in [-0.3, -0.25) is 14.9 Å². The highest BCUT2D eigenvalue weighted by molar-refractivity contribution is 9.10. The summed E-state index contributed by atoms with van der Waals surface area (Å²) in [6, 6.07) is 3.66. The predicted molar refractivity (Wildman–Crippen MR) is 76.9 cm³/mol. The Morgan fingerprint density at radius 3 is 2.53 bits per heavy atom. The number of hydrogen-bond acceptors (Lipinski definition) is 4. The van der Waals surface area contributed by atoms with Crippen LogP contribution in [0, 0.1) is 15.5 Å². The minimum atomic E-state index is -0.754. The molecule has 3 N–H and O–H groups in total. The number of nitrogens with one attached hydrogen (secondary N) is 1. The van der Waals surface area contributed by atoms with Crippen LogP contribution in [0.15, 0.2) is 22.7 Å². The number of carbonyl (C=O) groups excluding carboxylic acids is 1. The molecule has 0 heterocycles. The predicted octanol–water partition coefficient (Wildman–Crippen LogP) is 2.67. The summed E-state index contributed by atoms with van der Waals surface area (Å²) in [6.45, 7) is 5.48. The second kappa shape index (κ2) is 5.66. The van der Waals surface area contributed by atoms with Gasteiger partial charge in [-0.25, -0.2) is 0 Å². The third kappa shape index (κ3) is 4.00. The summed E-state index contributed by atoms with van der Waals surface area (Å²) in [7, 11) is 0. The van der Waals surface area contributed by atoms with Crippen molar-refractivity contribution in [3.63, 3.8) is 0 Å². The van der Waals surface area contributed by atoms with Crippen LogP contribution in [0.2, 0.25) is 0 Å². The van der Waals surface area contributed by atoms with Gasteiger partial charge in [0.2, 0.25) is 5.91 Å². The van der Waals surface area contributed by atoms with Crippen LogP contribution < -0.4 is 11.1 Å². The maximum atomic E-state index is 11.9. The summed E-state index contributed by atoms with van der Waals surface area (Å²) in [5.74, 6) is -0.446. The lowest BCUT2D eigenvalue weighted by Crippen LogP contribution is -2.45. The second-order valence-corrected chi connectivity index (χ2v) is 6.17. The van der Waals surface area contributed by atoms with E-state index in [-0.39, 0.29) is 11.4 Å². The number of amides is 1. The molecule has 1 amide bonds. The minimum Gasteiger partial charge on any atom is -0.319 e. The lowest BCUT2D eigenvalue weighted by Gasteiger charge is -2.25. The molecular weight excluding hydrogens is 314 g/mol. The molecular formula is C12H16BrN3O3. The first-order chi connectivity index (χ1) is 8.62. The van der Waals surface area contributed by atoms with E-state index < -0.39 is 22.3 Å². The second-order valence-electron chi connectivity index (χ2n) is 5.25. The molecule has 0 aliphatic rings. The molecule has 104 valence electrons. The van der Waals surface area contributed by atoms with E-state index in [0.717, 1.165) is 0 Å². The van der Waals surface area contributed by atoms with Gasteiger partial charge in [0, 0.05) is 10.5 Å². The Morgan fingerprint density at radius 2 is 2.05 bits per heavy atom. The molecule has 0 aliphatic carbocycles. The standard InChI is InChI=1S/C12H16BrN3O3/c1-12(2,3)10(14)11(17)15-8-5-4-7(13)6-9(8)16(18)19/h4-6,10H,14H2,1-3H3,(H,15,17). The van der Waals surface area contributed by atoms with Crippen molar-refractivity contribution >= 4 is 33.2 Å². The Kier molecular flexibility index (Phi) is 4.65. The van der Waals surface area contributed by atoms with E-state index in [4.69, 9.17) is 5.73 Å². The van der Waals surface area contributed by atoms with Crippen molar-refractivity contribution in [2.45, 2.75) is 26.8 Å². The van der Waals surface area contributed by atoms with E-state index in [1.807, 2.05) is 20.8 Å². The molecule has 6 nitrogen and oxygen atoms in total. The molecule has 19 heavy (non-hydrogen) atoms. The van der Waals surface area contributed by atoms with E-state index >= 15 is 0 Å². The summed E-state index contributed by atoms with van der Waals surface area (Å²) < 4.78 is 0.567. The van der Waals surface area contributed by atoms with Gasteiger partial charge in [0.05, 0.1) is 11.0 Å². The molecule has 0 saturated carbocycles. The molecule has 1 rings (SSSR count). The van der Waals surface area contributed by atoms with Crippen molar-refractivity contribution in [2.24, 2.45) is 11.1 Å². The van der Waals surface area contributed by atoms with Gasteiger partial charge in [-0.05, 0) is 17.5 Å². The number of nitro groups is 1. The fourth-order valence-corrected chi connectivity index (χ4v) is 1.71. The number of nitro benzene ring substituents is 1. The zero-order valence-electron chi connectivity index (χ0n) is 10.9. The van der Waals surface area contributed by atoms with E-state index in [9.17, 15) is 14.9 Å². The smallest absolute Gasteiger partial charge is 0.293 e. The zero-order valence-corrected chi connectivity index (χ0v) is 12.5. The number of halogens is 1.